The maximum Gasteiger partial charge on any atom is 0.128 e. The Morgan fingerprint density at radius 3 is 3.00 bits per heavy atom. The van der Waals surface area contributed by atoms with Gasteiger partial charge in [0.25, 0.3) is 0 Å². The average Bonchev–Trinajstić information content (AvgIpc) is 2.72. The van der Waals surface area contributed by atoms with Gasteiger partial charge in [-0.1, -0.05) is 12.1 Å². The molecular formula is C11H14N2O. The predicted octanol–water partition coefficient (Wildman–Crippen LogP) is 1.78. The highest BCUT2D eigenvalue weighted by Crippen LogP contribution is 2.21. The van der Waals surface area contributed by atoms with Crippen LogP contribution in [0.25, 0.3) is 0 Å². The predicted molar refractivity (Wildman–Crippen MR) is 56.8 cm³/mol. The molecule has 0 spiro atoms. The fourth-order valence-corrected chi connectivity index (χ4v) is 1.56. The summed E-state index contributed by atoms with van der Waals surface area (Å²) >= 11 is 0. The van der Waals surface area contributed by atoms with Crippen LogP contribution in [0.4, 0.5) is 0 Å². The summed E-state index contributed by atoms with van der Waals surface area (Å²) in [6, 6.07) is 8.03. The summed E-state index contributed by atoms with van der Waals surface area (Å²) in [5.74, 6) is 0.928. The Bertz CT molecular complexity index is 347. The smallest absolute Gasteiger partial charge is 0.128 e. The van der Waals surface area contributed by atoms with Crippen LogP contribution in [0.5, 0.6) is 5.75 Å². The highest BCUT2D eigenvalue weighted by Gasteiger charge is 2.12. The van der Waals surface area contributed by atoms with Gasteiger partial charge in [-0.15, -0.1) is 0 Å². The molecule has 1 heterocycles. The van der Waals surface area contributed by atoms with Gasteiger partial charge in [-0.25, -0.2) is 0 Å². The Hall–Kier alpha value is -1.51. The SMILES string of the molecule is CCOc1ccccc1C1=NNCC1. The number of hydrazone groups is 1. The second-order valence-electron chi connectivity index (χ2n) is 3.15. The molecule has 1 aliphatic rings. The Morgan fingerprint density at radius 1 is 1.43 bits per heavy atom. The zero-order valence-electron chi connectivity index (χ0n) is 8.29. The second-order valence-corrected chi connectivity index (χ2v) is 3.15. The van der Waals surface area contributed by atoms with E-state index in [-0.39, 0.29) is 0 Å². The van der Waals surface area contributed by atoms with Crippen LogP contribution in [0.15, 0.2) is 29.4 Å². The monoisotopic (exact) mass is 190 g/mol. The van der Waals surface area contributed by atoms with E-state index in [0.717, 1.165) is 30.0 Å². The number of nitrogens with one attached hydrogen (secondary N) is 1. The molecule has 1 aliphatic heterocycles. The van der Waals surface area contributed by atoms with Gasteiger partial charge in [-0.05, 0) is 19.1 Å². The van der Waals surface area contributed by atoms with Gasteiger partial charge in [0.15, 0.2) is 0 Å². The molecule has 3 heteroatoms. The minimum atomic E-state index is 0.692. The van der Waals surface area contributed by atoms with Crippen LogP contribution in [0.2, 0.25) is 0 Å². The van der Waals surface area contributed by atoms with Crippen molar-refractivity contribution in [3.8, 4) is 5.75 Å². The third-order valence-corrected chi connectivity index (χ3v) is 2.19. The fraction of sp³-hybridized carbons (Fsp3) is 0.364. The third-order valence-electron chi connectivity index (χ3n) is 2.19. The molecule has 2 rings (SSSR count). The van der Waals surface area contributed by atoms with E-state index >= 15 is 0 Å². The summed E-state index contributed by atoms with van der Waals surface area (Å²) in [5.41, 5.74) is 5.17. The Kier molecular flexibility index (Phi) is 2.68. The van der Waals surface area contributed by atoms with E-state index in [1.54, 1.807) is 0 Å². The molecule has 1 N–H and O–H groups in total. The van der Waals surface area contributed by atoms with Crippen LogP contribution >= 0.6 is 0 Å². The summed E-state index contributed by atoms with van der Waals surface area (Å²) in [4.78, 5) is 0. The first-order chi connectivity index (χ1) is 6.92. The van der Waals surface area contributed by atoms with Crippen molar-refractivity contribution in [2.24, 2.45) is 5.10 Å². The van der Waals surface area contributed by atoms with Gasteiger partial charge >= 0.3 is 0 Å². The van der Waals surface area contributed by atoms with Crippen LogP contribution < -0.4 is 10.2 Å². The molecule has 1 aromatic rings. The number of nitrogens with zero attached hydrogens (tertiary/aromatic N) is 1. The molecule has 0 saturated carbocycles. The van der Waals surface area contributed by atoms with Crippen LogP contribution in [-0.4, -0.2) is 18.9 Å². The molecule has 0 saturated heterocycles. The number of hydrogen-bond donors (Lipinski definition) is 1. The standard InChI is InChI=1S/C11H14N2O/c1-2-14-11-6-4-3-5-9(11)10-7-8-12-13-10/h3-6,12H,2,7-8H2,1H3. The molecule has 0 atom stereocenters. The lowest BCUT2D eigenvalue weighted by atomic mass is 10.1. The molecule has 14 heavy (non-hydrogen) atoms. The van der Waals surface area contributed by atoms with E-state index in [2.05, 4.69) is 16.6 Å². The molecule has 0 unspecified atom stereocenters. The summed E-state index contributed by atoms with van der Waals surface area (Å²) in [5, 5.41) is 4.24. The van der Waals surface area contributed by atoms with Crippen molar-refractivity contribution >= 4 is 5.71 Å². The van der Waals surface area contributed by atoms with Crippen molar-refractivity contribution in [1.82, 2.24) is 5.43 Å². The number of hydrogen-bond acceptors (Lipinski definition) is 3. The Morgan fingerprint density at radius 2 is 2.29 bits per heavy atom. The van der Waals surface area contributed by atoms with Gasteiger partial charge < -0.3 is 10.2 Å². The van der Waals surface area contributed by atoms with Crippen molar-refractivity contribution in [2.75, 3.05) is 13.2 Å². The number of ether oxygens (including phenoxy) is 1. The van der Waals surface area contributed by atoms with Gasteiger partial charge in [0.1, 0.15) is 5.75 Å². The summed E-state index contributed by atoms with van der Waals surface area (Å²) in [7, 11) is 0. The molecule has 0 radical (unpaired) electrons. The van der Waals surface area contributed by atoms with Crippen LogP contribution in [0.3, 0.4) is 0 Å². The third kappa shape index (κ3) is 1.71. The maximum atomic E-state index is 5.54. The van der Waals surface area contributed by atoms with E-state index in [1.807, 2.05) is 25.1 Å². The lowest BCUT2D eigenvalue weighted by Gasteiger charge is -2.08. The highest BCUT2D eigenvalue weighted by molar-refractivity contribution is 6.03. The van der Waals surface area contributed by atoms with E-state index in [0.29, 0.717) is 6.61 Å². The quantitative estimate of drug-likeness (QED) is 0.788. The van der Waals surface area contributed by atoms with Crippen molar-refractivity contribution in [3.63, 3.8) is 0 Å². The number of rotatable bonds is 3. The first kappa shape index (κ1) is 9.06. The molecule has 74 valence electrons. The maximum absolute atomic E-state index is 5.54. The fourth-order valence-electron chi connectivity index (χ4n) is 1.56. The summed E-state index contributed by atoms with van der Waals surface area (Å²) < 4.78 is 5.54. The van der Waals surface area contributed by atoms with Crippen LogP contribution in [0.1, 0.15) is 18.9 Å². The molecule has 0 bridgehead atoms. The van der Waals surface area contributed by atoms with Crippen molar-refractivity contribution < 1.29 is 4.74 Å². The molecule has 3 nitrogen and oxygen atoms in total. The molecular weight excluding hydrogens is 176 g/mol. The molecule has 0 aliphatic carbocycles. The van der Waals surface area contributed by atoms with E-state index in [4.69, 9.17) is 4.74 Å². The average molecular weight is 190 g/mol. The van der Waals surface area contributed by atoms with Gasteiger partial charge in [0, 0.05) is 18.5 Å². The summed E-state index contributed by atoms with van der Waals surface area (Å²) in [6.45, 7) is 3.61. The lowest BCUT2D eigenvalue weighted by molar-refractivity contribution is 0.339. The minimum Gasteiger partial charge on any atom is -0.493 e. The highest BCUT2D eigenvalue weighted by atomic mass is 16.5. The zero-order valence-corrected chi connectivity index (χ0v) is 8.29. The van der Waals surface area contributed by atoms with Crippen molar-refractivity contribution in [1.29, 1.82) is 0 Å². The first-order valence-corrected chi connectivity index (χ1v) is 4.93. The largest absolute Gasteiger partial charge is 0.493 e. The minimum absolute atomic E-state index is 0.692. The molecule has 1 aromatic carbocycles. The topological polar surface area (TPSA) is 33.6 Å². The second kappa shape index (κ2) is 4.13. The van der Waals surface area contributed by atoms with E-state index in [1.165, 1.54) is 0 Å². The normalized spacial score (nSPS) is 14.8. The van der Waals surface area contributed by atoms with Gasteiger partial charge in [0.2, 0.25) is 0 Å². The molecule has 0 fully saturated rings. The first-order valence-electron chi connectivity index (χ1n) is 4.93. The Balaban J connectivity index is 2.31. The van der Waals surface area contributed by atoms with Crippen LogP contribution in [-0.2, 0) is 0 Å². The lowest BCUT2D eigenvalue weighted by Crippen LogP contribution is -2.02. The zero-order chi connectivity index (χ0) is 9.80. The van der Waals surface area contributed by atoms with Gasteiger partial charge in [-0.2, -0.15) is 5.10 Å². The van der Waals surface area contributed by atoms with Gasteiger partial charge in [0.05, 0.1) is 12.3 Å². The number of benzene rings is 1. The molecule has 0 aromatic heterocycles. The Labute approximate surface area is 83.8 Å². The van der Waals surface area contributed by atoms with Gasteiger partial charge in [-0.3, -0.25) is 0 Å². The number of para-hydroxylation sites is 1. The van der Waals surface area contributed by atoms with Crippen molar-refractivity contribution in [3.05, 3.63) is 29.8 Å². The van der Waals surface area contributed by atoms with E-state index in [9.17, 15) is 0 Å². The van der Waals surface area contributed by atoms with Crippen molar-refractivity contribution in [2.45, 2.75) is 13.3 Å². The molecule has 0 amide bonds. The van der Waals surface area contributed by atoms with Crippen LogP contribution in [0, 0.1) is 0 Å². The summed E-state index contributed by atoms with van der Waals surface area (Å²) in [6.07, 6.45) is 0.976. The van der Waals surface area contributed by atoms with E-state index < -0.39 is 0 Å².